The summed E-state index contributed by atoms with van der Waals surface area (Å²) in [6.45, 7) is 5.49. The highest BCUT2D eigenvalue weighted by atomic mass is 19.4. The van der Waals surface area contributed by atoms with Crippen LogP contribution in [0, 0.1) is 19.8 Å². The minimum atomic E-state index is -4.13. The quantitative estimate of drug-likeness (QED) is 0.851. The van der Waals surface area contributed by atoms with E-state index in [0.29, 0.717) is 6.54 Å². The van der Waals surface area contributed by atoms with Gasteiger partial charge in [0.25, 0.3) is 0 Å². The van der Waals surface area contributed by atoms with Crippen LogP contribution in [0.1, 0.15) is 23.6 Å². The van der Waals surface area contributed by atoms with Gasteiger partial charge in [0.05, 0.1) is 6.54 Å². The van der Waals surface area contributed by atoms with Crippen molar-refractivity contribution < 1.29 is 13.2 Å². The number of aryl methyl sites for hydroxylation is 2. The molecule has 0 saturated carbocycles. The van der Waals surface area contributed by atoms with Crippen LogP contribution < -0.4 is 5.32 Å². The number of hydrogen-bond acceptors (Lipinski definition) is 1. The van der Waals surface area contributed by atoms with Crippen LogP contribution in [0.2, 0.25) is 0 Å². The number of hydrogen-bond donors (Lipinski definition) is 1. The highest BCUT2D eigenvalue weighted by Crippen LogP contribution is 2.15. The fourth-order valence-electron chi connectivity index (χ4n) is 2.12. The van der Waals surface area contributed by atoms with Crippen LogP contribution >= 0.6 is 0 Å². The third-order valence-corrected chi connectivity index (χ3v) is 2.68. The third-order valence-electron chi connectivity index (χ3n) is 2.68. The Bertz CT molecular complexity index is 365. The number of alkyl halides is 3. The van der Waals surface area contributed by atoms with Crippen molar-refractivity contribution in [2.75, 3.05) is 13.1 Å². The molecule has 4 heteroatoms. The van der Waals surface area contributed by atoms with Gasteiger partial charge in [-0.1, -0.05) is 36.2 Å². The van der Waals surface area contributed by atoms with Gasteiger partial charge in [-0.05, 0) is 38.3 Å². The average Bonchev–Trinajstić information content (AvgIpc) is 2.12. The lowest BCUT2D eigenvalue weighted by Gasteiger charge is -2.14. The molecule has 0 aromatic heterocycles. The van der Waals surface area contributed by atoms with E-state index in [-0.39, 0.29) is 5.92 Å². The van der Waals surface area contributed by atoms with Gasteiger partial charge < -0.3 is 5.32 Å². The Balaban J connectivity index is 2.42. The van der Waals surface area contributed by atoms with Crippen LogP contribution in [0.3, 0.4) is 0 Å². The Morgan fingerprint density at radius 1 is 1.11 bits per heavy atom. The topological polar surface area (TPSA) is 12.0 Å². The molecule has 0 saturated heterocycles. The second-order valence-corrected chi connectivity index (χ2v) is 5.05. The van der Waals surface area contributed by atoms with Crippen LogP contribution in [0.15, 0.2) is 18.2 Å². The standard InChI is InChI=1S/C14H20F3N/c1-10-4-11(2)6-13(5-10)7-12(3)8-18-9-14(15,16)17/h4-6,12,18H,7-9H2,1-3H3. The molecular weight excluding hydrogens is 239 g/mol. The second-order valence-electron chi connectivity index (χ2n) is 5.05. The molecule has 102 valence electrons. The van der Waals surface area contributed by atoms with Crippen molar-refractivity contribution in [2.24, 2.45) is 5.92 Å². The lowest BCUT2D eigenvalue weighted by molar-refractivity contribution is -0.125. The first-order chi connectivity index (χ1) is 8.26. The fourth-order valence-corrected chi connectivity index (χ4v) is 2.12. The summed E-state index contributed by atoms with van der Waals surface area (Å²) in [5, 5.41) is 2.45. The summed E-state index contributed by atoms with van der Waals surface area (Å²) in [7, 11) is 0. The summed E-state index contributed by atoms with van der Waals surface area (Å²) in [4.78, 5) is 0. The van der Waals surface area contributed by atoms with Crippen LogP contribution in [0.5, 0.6) is 0 Å². The highest BCUT2D eigenvalue weighted by Gasteiger charge is 2.26. The van der Waals surface area contributed by atoms with Crippen molar-refractivity contribution in [3.8, 4) is 0 Å². The van der Waals surface area contributed by atoms with E-state index < -0.39 is 12.7 Å². The molecule has 1 atom stereocenters. The lowest BCUT2D eigenvalue weighted by atomic mass is 9.98. The monoisotopic (exact) mass is 259 g/mol. The molecule has 0 spiro atoms. The smallest absolute Gasteiger partial charge is 0.308 e. The van der Waals surface area contributed by atoms with Gasteiger partial charge in [-0.25, -0.2) is 0 Å². The van der Waals surface area contributed by atoms with E-state index in [4.69, 9.17) is 0 Å². The summed E-state index contributed by atoms with van der Waals surface area (Å²) < 4.78 is 35.9. The highest BCUT2D eigenvalue weighted by molar-refractivity contribution is 5.28. The van der Waals surface area contributed by atoms with E-state index in [2.05, 4.69) is 23.5 Å². The van der Waals surface area contributed by atoms with E-state index in [1.807, 2.05) is 20.8 Å². The van der Waals surface area contributed by atoms with E-state index >= 15 is 0 Å². The summed E-state index contributed by atoms with van der Waals surface area (Å²) >= 11 is 0. The van der Waals surface area contributed by atoms with Gasteiger partial charge in [-0.3, -0.25) is 0 Å². The zero-order valence-electron chi connectivity index (χ0n) is 11.1. The number of rotatable bonds is 5. The molecule has 0 aliphatic heterocycles. The van der Waals surface area contributed by atoms with Crippen LogP contribution in [-0.2, 0) is 6.42 Å². The Hall–Kier alpha value is -1.03. The van der Waals surface area contributed by atoms with Crippen LogP contribution in [0.25, 0.3) is 0 Å². The molecule has 1 N–H and O–H groups in total. The molecule has 18 heavy (non-hydrogen) atoms. The Morgan fingerprint density at radius 3 is 2.17 bits per heavy atom. The molecule has 0 bridgehead atoms. The van der Waals surface area contributed by atoms with E-state index in [0.717, 1.165) is 6.42 Å². The van der Waals surface area contributed by atoms with Gasteiger partial charge in [0, 0.05) is 0 Å². The van der Waals surface area contributed by atoms with Gasteiger partial charge in [0.2, 0.25) is 0 Å². The molecule has 0 fully saturated rings. The molecule has 1 nitrogen and oxygen atoms in total. The van der Waals surface area contributed by atoms with E-state index in [1.165, 1.54) is 16.7 Å². The van der Waals surface area contributed by atoms with E-state index in [9.17, 15) is 13.2 Å². The van der Waals surface area contributed by atoms with Crippen LogP contribution in [0.4, 0.5) is 13.2 Å². The maximum Gasteiger partial charge on any atom is 0.401 e. The Morgan fingerprint density at radius 2 is 1.67 bits per heavy atom. The number of halogens is 3. The Labute approximate surface area is 106 Å². The molecule has 0 amide bonds. The minimum Gasteiger partial charge on any atom is -0.308 e. The minimum absolute atomic E-state index is 0.188. The van der Waals surface area contributed by atoms with Crippen molar-refractivity contribution in [3.63, 3.8) is 0 Å². The third kappa shape index (κ3) is 6.05. The first-order valence-electron chi connectivity index (χ1n) is 6.11. The number of benzene rings is 1. The molecule has 0 radical (unpaired) electrons. The summed E-state index contributed by atoms with van der Waals surface area (Å²) in [6.07, 6.45) is -3.33. The summed E-state index contributed by atoms with van der Waals surface area (Å²) in [5.41, 5.74) is 3.58. The molecule has 0 aliphatic rings. The molecule has 1 aromatic carbocycles. The molecule has 1 rings (SSSR count). The van der Waals surface area contributed by atoms with E-state index in [1.54, 1.807) is 0 Å². The van der Waals surface area contributed by atoms with Gasteiger partial charge in [-0.2, -0.15) is 13.2 Å². The first kappa shape index (κ1) is 15.0. The largest absolute Gasteiger partial charge is 0.401 e. The molecule has 0 heterocycles. The fraction of sp³-hybridized carbons (Fsp3) is 0.571. The van der Waals surface area contributed by atoms with Crippen molar-refractivity contribution in [2.45, 2.75) is 33.4 Å². The van der Waals surface area contributed by atoms with Crippen molar-refractivity contribution in [1.29, 1.82) is 0 Å². The van der Waals surface area contributed by atoms with Gasteiger partial charge in [-0.15, -0.1) is 0 Å². The molecule has 1 unspecified atom stereocenters. The Kier molecular flexibility index (Phi) is 5.20. The maximum atomic E-state index is 12.0. The van der Waals surface area contributed by atoms with Crippen molar-refractivity contribution >= 4 is 0 Å². The van der Waals surface area contributed by atoms with Crippen LogP contribution in [-0.4, -0.2) is 19.3 Å². The zero-order valence-corrected chi connectivity index (χ0v) is 11.1. The molecule has 1 aromatic rings. The molecular formula is C14H20F3N. The lowest BCUT2D eigenvalue weighted by Crippen LogP contribution is -2.32. The summed E-state index contributed by atoms with van der Waals surface area (Å²) in [6, 6.07) is 6.27. The van der Waals surface area contributed by atoms with Gasteiger partial charge in [0.15, 0.2) is 0 Å². The normalized spacial score (nSPS) is 13.7. The predicted molar refractivity (Wildman–Crippen MR) is 67.7 cm³/mol. The average molecular weight is 259 g/mol. The van der Waals surface area contributed by atoms with Gasteiger partial charge in [0.1, 0.15) is 0 Å². The van der Waals surface area contributed by atoms with Crippen molar-refractivity contribution in [3.05, 3.63) is 34.9 Å². The second kappa shape index (κ2) is 6.23. The first-order valence-corrected chi connectivity index (χ1v) is 6.11. The van der Waals surface area contributed by atoms with Crippen molar-refractivity contribution in [1.82, 2.24) is 5.32 Å². The van der Waals surface area contributed by atoms with Gasteiger partial charge >= 0.3 is 6.18 Å². The maximum absolute atomic E-state index is 12.0. The zero-order chi connectivity index (χ0) is 13.8. The number of nitrogens with one attached hydrogen (secondary N) is 1. The summed E-state index contributed by atoms with van der Waals surface area (Å²) in [5.74, 6) is 0.188. The SMILES string of the molecule is Cc1cc(C)cc(CC(C)CNCC(F)(F)F)c1. The predicted octanol–water partition coefficient (Wildman–Crippen LogP) is 3.63. The molecule has 0 aliphatic carbocycles.